The first-order valence-corrected chi connectivity index (χ1v) is 8.04. The van der Waals surface area contributed by atoms with E-state index in [1.54, 1.807) is 20.9 Å². The van der Waals surface area contributed by atoms with Crippen molar-refractivity contribution in [3.63, 3.8) is 0 Å². The van der Waals surface area contributed by atoms with Gasteiger partial charge in [0.1, 0.15) is 5.82 Å². The molecule has 0 radical (unpaired) electrons. The second-order valence-corrected chi connectivity index (χ2v) is 6.16. The fraction of sp³-hybridized carbons (Fsp3) is 0.389. The summed E-state index contributed by atoms with van der Waals surface area (Å²) < 4.78 is 37.7. The van der Waals surface area contributed by atoms with E-state index >= 15 is 0 Å². The van der Waals surface area contributed by atoms with Gasteiger partial charge >= 0.3 is 6.18 Å². The molecule has 2 rings (SSSR count). The smallest absolute Gasteiger partial charge is 0.341 e. The molecule has 0 unspecified atom stereocenters. The quantitative estimate of drug-likeness (QED) is 0.884. The van der Waals surface area contributed by atoms with Crippen molar-refractivity contribution in [2.45, 2.75) is 39.4 Å². The Kier molecular flexibility index (Phi) is 5.84. The predicted octanol–water partition coefficient (Wildman–Crippen LogP) is 3.00. The summed E-state index contributed by atoms with van der Waals surface area (Å²) in [6, 6.07) is 4.69. The third-order valence-electron chi connectivity index (χ3n) is 4.06. The fourth-order valence-corrected chi connectivity index (χ4v) is 2.63. The summed E-state index contributed by atoms with van der Waals surface area (Å²) in [5.41, 5.74) is 0.668. The fourth-order valence-electron chi connectivity index (χ4n) is 2.63. The monoisotopic (exact) mass is 367 g/mol. The zero-order valence-electron chi connectivity index (χ0n) is 14.8. The summed E-state index contributed by atoms with van der Waals surface area (Å²) in [4.78, 5) is 32.4. The summed E-state index contributed by atoms with van der Waals surface area (Å²) >= 11 is 0. The maximum absolute atomic E-state index is 12.6. The number of H-pyrrole nitrogens is 1. The molecule has 0 saturated heterocycles. The number of aryl methyl sites for hydroxylation is 2. The van der Waals surface area contributed by atoms with E-state index < -0.39 is 11.7 Å². The highest BCUT2D eigenvalue weighted by molar-refractivity contribution is 5.76. The first kappa shape index (κ1) is 19.7. The molecule has 0 aliphatic rings. The van der Waals surface area contributed by atoms with Gasteiger partial charge in [-0.2, -0.15) is 13.2 Å². The second kappa shape index (κ2) is 7.72. The van der Waals surface area contributed by atoms with Crippen LogP contribution in [0.15, 0.2) is 29.1 Å². The van der Waals surface area contributed by atoms with Gasteiger partial charge in [0.2, 0.25) is 5.91 Å². The van der Waals surface area contributed by atoms with Crippen LogP contribution in [0.25, 0.3) is 0 Å². The van der Waals surface area contributed by atoms with Gasteiger partial charge in [-0.05, 0) is 38.0 Å². The van der Waals surface area contributed by atoms with Gasteiger partial charge in [-0.25, -0.2) is 4.98 Å². The highest BCUT2D eigenvalue weighted by atomic mass is 19.4. The van der Waals surface area contributed by atoms with Crippen molar-refractivity contribution >= 4 is 5.91 Å². The van der Waals surface area contributed by atoms with Crippen LogP contribution >= 0.6 is 0 Å². The summed E-state index contributed by atoms with van der Waals surface area (Å²) in [6.45, 7) is 3.59. The number of halogens is 3. The third-order valence-corrected chi connectivity index (χ3v) is 4.06. The molecule has 0 saturated carbocycles. The van der Waals surface area contributed by atoms with Crippen LogP contribution in [0, 0.1) is 13.8 Å². The van der Waals surface area contributed by atoms with E-state index in [1.165, 1.54) is 17.0 Å². The average Bonchev–Trinajstić information content (AvgIpc) is 2.53. The molecule has 2 aromatic rings. The number of amides is 1. The molecule has 0 atom stereocenters. The van der Waals surface area contributed by atoms with Gasteiger partial charge in [0.05, 0.1) is 5.56 Å². The van der Waals surface area contributed by atoms with Gasteiger partial charge in [-0.1, -0.05) is 12.1 Å². The zero-order valence-corrected chi connectivity index (χ0v) is 14.8. The Hall–Kier alpha value is -2.64. The van der Waals surface area contributed by atoms with Gasteiger partial charge in [-0.3, -0.25) is 9.59 Å². The van der Waals surface area contributed by atoms with E-state index in [-0.39, 0.29) is 30.9 Å². The van der Waals surface area contributed by atoms with Crippen molar-refractivity contribution in [3.05, 3.63) is 62.8 Å². The molecule has 1 aromatic carbocycles. The van der Waals surface area contributed by atoms with Crippen LogP contribution in [-0.2, 0) is 23.9 Å². The Labute approximate surface area is 148 Å². The van der Waals surface area contributed by atoms with Crippen molar-refractivity contribution in [1.29, 1.82) is 0 Å². The number of alkyl halides is 3. The van der Waals surface area contributed by atoms with Crippen molar-refractivity contribution in [2.75, 3.05) is 7.05 Å². The minimum atomic E-state index is -4.38. The van der Waals surface area contributed by atoms with Crippen LogP contribution in [0.2, 0.25) is 0 Å². The van der Waals surface area contributed by atoms with Crippen molar-refractivity contribution in [3.8, 4) is 0 Å². The van der Waals surface area contributed by atoms with E-state index in [1.807, 2.05) is 0 Å². The molecule has 5 nitrogen and oxygen atoms in total. The van der Waals surface area contributed by atoms with Gasteiger partial charge in [0, 0.05) is 31.3 Å². The van der Waals surface area contributed by atoms with E-state index in [4.69, 9.17) is 0 Å². The summed E-state index contributed by atoms with van der Waals surface area (Å²) in [7, 11) is 1.57. The lowest BCUT2D eigenvalue weighted by atomic mass is 10.1. The molecule has 0 aliphatic heterocycles. The van der Waals surface area contributed by atoms with E-state index in [2.05, 4.69) is 9.97 Å². The second-order valence-electron chi connectivity index (χ2n) is 6.16. The minimum absolute atomic E-state index is 0.117. The molecule has 140 valence electrons. The lowest BCUT2D eigenvalue weighted by Gasteiger charge is -2.18. The third kappa shape index (κ3) is 4.93. The molecule has 1 amide bonds. The molecule has 0 bridgehead atoms. The van der Waals surface area contributed by atoms with E-state index in [9.17, 15) is 22.8 Å². The molecule has 1 N–H and O–H groups in total. The number of hydrogen-bond acceptors (Lipinski definition) is 3. The van der Waals surface area contributed by atoms with Crippen molar-refractivity contribution in [2.24, 2.45) is 0 Å². The van der Waals surface area contributed by atoms with E-state index in [0.29, 0.717) is 22.6 Å². The average molecular weight is 367 g/mol. The van der Waals surface area contributed by atoms with Crippen LogP contribution in [0.5, 0.6) is 0 Å². The Balaban J connectivity index is 1.97. The lowest BCUT2D eigenvalue weighted by Crippen LogP contribution is -2.27. The molecule has 1 heterocycles. The number of hydrogen-bond donors (Lipinski definition) is 1. The normalized spacial score (nSPS) is 11.5. The maximum Gasteiger partial charge on any atom is 0.416 e. The molecule has 0 aliphatic carbocycles. The number of nitrogens with one attached hydrogen (secondary N) is 1. The van der Waals surface area contributed by atoms with Crippen LogP contribution < -0.4 is 5.56 Å². The summed E-state index contributed by atoms with van der Waals surface area (Å²) in [6.07, 6.45) is -4.01. The predicted molar refractivity (Wildman–Crippen MR) is 90.6 cm³/mol. The number of rotatable bonds is 5. The summed E-state index contributed by atoms with van der Waals surface area (Å²) in [5, 5.41) is 0. The molecule has 1 aromatic heterocycles. The van der Waals surface area contributed by atoms with Gasteiger partial charge < -0.3 is 9.88 Å². The number of aromatic nitrogens is 2. The van der Waals surface area contributed by atoms with Crippen LogP contribution in [0.3, 0.4) is 0 Å². The number of aromatic amines is 1. The van der Waals surface area contributed by atoms with Gasteiger partial charge in [0.15, 0.2) is 0 Å². The Morgan fingerprint density at radius 2 is 1.81 bits per heavy atom. The number of carbonyl (C=O) groups excluding carboxylic acids is 1. The molecular formula is C18H20F3N3O2. The first-order chi connectivity index (χ1) is 12.1. The zero-order chi connectivity index (χ0) is 19.5. The molecule has 0 fully saturated rings. The highest BCUT2D eigenvalue weighted by Crippen LogP contribution is 2.29. The highest BCUT2D eigenvalue weighted by Gasteiger charge is 2.30. The first-order valence-electron chi connectivity index (χ1n) is 8.04. The lowest BCUT2D eigenvalue weighted by molar-refractivity contribution is -0.137. The Bertz CT molecular complexity index is 842. The molecule has 0 spiro atoms. The van der Waals surface area contributed by atoms with E-state index in [0.717, 1.165) is 12.1 Å². The molecule has 8 heteroatoms. The molecular weight excluding hydrogens is 347 g/mol. The SMILES string of the molecule is Cc1nc(C)c(CCC(=O)N(C)Cc2ccc(C(F)(F)F)cc2)c(=O)[nH]1. The van der Waals surface area contributed by atoms with Gasteiger partial charge in [0.25, 0.3) is 5.56 Å². The number of benzene rings is 1. The van der Waals surface area contributed by atoms with Crippen LogP contribution in [0.1, 0.15) is 34.6 Å². The number of nitrogens with zero attached hydrogens (tertiary/aromatic N) is 2. The Morgan fingerprint density at radius 3 is 2.35 bits per heavy atom. The van der Waals surface area contributed by atoms with Crippen LogP contribution in [0.4, 0.5) is 13.2 Å². The minimum Gasteiger partial charge on any atom is -0.341 e. The largest absolute Gasteiger partial charge is 0.416 e. The van der Waals surface area contributed by atoms with Gasteiger partial charge in [-0.15, -0.1) is 0 Å². The topological polar surface area (TPSA) is 66.1 Å². The van der Waals surface area contributed by atoms with Crippen molar-refractivity contribution in [1.82, 2.24) is 14.9 Å². The van der Waals surface area contributed by atoms with Crippen molar-refractivity contribution < 1.29 is 18.0 Å². The standard InChI is InChI=1S/C18H20F3N3O2/c1-11-15(17(26)23-12(2)22-11)8-9-16(25)24(3)10-13-4-6-14(7-5-13)18(19,20)21/h4-7H,8-10H2,1-3H3,(H,22,23,26). The van der Waals surface area contributed by atoms with Crippen LogP contribution in [-0.4, -0.2) is 27.8 Å². The maximum atomic E-state index is 12.6. The molecule has 26 heavy (non-hydrogen) atoms. The Morgan fingerprint density at radius 1 is 1.19 bits per heavy atom. The summed E-state index contributed by atoms with van der Waals surface area (Å²) in [5.74, 6) is 0.311. The number of carbonyl (C=O) groups is 1.